The van der Waals surface area contributed by atoms with Crippen molar-refractivity contribution in [1.29, 1.82) is 0 Å². The summed E-state index contributed by atoms with van der Waals surface area (Å²) in [6.45, 7) is 5.27. The van der Waals surface area contributed by atoms with Crippen LogP contribution in [-0.2, 0) is 9.47 Å². The van der Waals surface area contributed by atoms with E-state index >= 15 is 0 Å². The van der Waals surface area contributed by atoms with Crippen LogP contribution in [0.25, 0.3) is 10.9 Å². The Morgan fingerprint density at radius 1 is 1.41 bits per heavy atom. The lowest BCUT2D eigenvalue weighted by atomic mass is 10.2. The molecule has 22 heavy (non-hydrogen) atoms. The number of aromatic nitrogens is 1. The number of nitrogens with one attached hydrogen (secondary N) is 2. The van der Waals surface area contributed by atoms with Crippen molar-refractivity contribution in [1.82, 2.24) is 4.98 Å². The Bertz CT molecular complexity index is 724. The number of rotatable bonds is 5. The van der Waals surface area contributed by atoms with Crippen molar-refractivity contribution in [2.24, 2.45) is 0 Å². The molecule has 0 saturated carbocycles. The summed E-state index contributed by atoms with van der Waals surface area (Å²) in [5.41, 5.74) is 0.628. The predicted molar refractivity (Wildman–Crippen MR) is 79.4 cm³/mol. The van der Waals surface area contributed by atoms with Gasteiger partial charge in [0.15, 0.2) is 0 Å². The molecule has 0 fully saturated rings. The summed E-state index contributed by atoms with van der Waals surface area (Å²) in [6, 6.07) is 3.92. The van der Waals surface area contributed by atoms with Gasteiger partial charge in [0.2, 0.25) is 0 Å². The van der Waals surface area contributed by atoms with Gasteiger partial charge in [-0.3, -0.25) is 5.32 Å². The zero-order chi connectivity index (χ0) is 16.1. The zero-order valence-corrected chi connectivity index (χ0v) is 11.9. The molecule has 0 aliphatic heterocycles. The van der Waals surface area contributed by atoms with E-state index in [9.17, 15) is 14.0 Å². The van der Waals surface area contributed by atoms with Gasteiger partial charge in [-0.25, -0.2) is 14.0 Å². The topological polar surface area (TPSA) is 80.4 Å². The van der Waals surface area contributed by atoms with Crippen LogP contribution in [0.1, 0.15) is 17.4 Å². The third-order valence-corrected chi connectivity index (χ3v) is 2.80. The molecule has 0 spiro atoms. The lowest BCUT2D eigenvalue weighted by Crippen LogP contribution is -2.16. The van der Waals surface area contributed by atoms with Crippen molar-refractivity contribution < 1.29 is 23.5 Å². The van der Waals surface area contributed by atoms with Crippen LogP contribution in [0.2, 0.25) is 0 Å². The Kier molecular flexibility index (Phi) is 4.77. The highest BCUT2D eigenvalue weighted by Gasteiger charge is 2.21. The molecule has 0 radical (unpaired) electrons. The summed E-state index contributed by atoms with van der Waals surface area (Å²) in [4.78, 5) is 26.5. The fraction of sp³-hybridized carbons (Fsp3) is 0.200. The Labute approximate surface area is 125 Å². The predicted octanol–water partition coefficient (Wildman–Crippen LogP) is 3.22. The molecule has 0 aliphatic carbocycles. The van der Waals surface area contributed by atoms with Gasteiger partial charge < -0.3 is 14.5 Å². The number of esters is 1. The number of benzene rings is 1. The Morgan fingerprint density at radius 2 is 2.18 bits per heavy atom. The molecular formula is C15H15FN2O4. The number of anilines is 1. The van der Waals surface area contributed by atoms with Crippen LogP contribution in [0, 0.1) is 5.82 Å². The molecule has 0 saturated heterocycles. The quantitative estimate of drug-likeness (QED) is 0.656. The molecule has 1 heterocycles. The minimum Gasteiger partial charge on any atom is -0.461 e. The first-order chi connectivity index (χ1) is 10.6. The van der Waals surface area contributed by atoms with Crippen LogP contribution in [0.15, 0.2) is 30.9 Å². The average molecular weight is 306 g/mol. The number of H-pyrrole nitrogens is 1. The molecule has 6 nitrogen and oxygen atoms in total. The van der Waals surface area contributed by atoms with Gasteiger partial charge >= 0.3 is 12.1 Å². The van der Waals surface area contributed by atoms with E-state index in [4.69, 9.17) is 9.47 Å². The van der Waals surface area contributed by atoms with Crippen LogP contribution >= 0.6 is 0 Å². The molecule has 0 aliphatic rings. The highest BCUT2D eigenvalue weighted by atomic mass is 19.1. The molecule has 2 N–H and O–H groups in total. The van der Waals surface area contributed by atoms with Crippen molar-refractivity contribution >= 4 is 28.7 Å². The monoisotopic (exact) mass is 306 g/mol. The van der Waals surface area contributed by atoms with Gasteiger partial charge in [0.1, 0.15) is 18.1 Å². The van der Waals surface area contributed by atoms with Crippen LogP contribution in [0.5, 0.6) is 0 Å². The lowest BCUT2D eigenvalue weighted by molar-refractivity contribution is 0.0522. The smallest absolute Gasteiger partial charge is 0.412 e. The first-order valence-corrected chi connectivity index (χ1v) is 6.59. The van der Waals surface area contributed by atoms with E-state index in [0.717, 1.165) is 0 Å². The van der Waals surface area contributed by atoms with Crippen molar-refractivity contribution in [2.75, 3.05) is 18.5 Å². The maximum absolute atomic E-state index is 13.4. The third kappa shape index (κ3) is 3.25. The summed E-state index contributed by atoms with van der Waals surface area (Å²) >= 11 is 0. The van der Waals surface area contributed by atoms with Crippen molar-refractivity contribution in [3.8, 4) is 0 Å². The standard InChI is InChI=1S/C15H15FN2O4/c1-3-7-22-15(20)18-12-10-8-9(16)5-6-11(10)17-13(12)14(19)21-4-2/h3,5-6,8,17H,1,4,7H2,2H3,(H,18,20). The molecule has 1 amide bonds. The summed E-state index contributed by atoms with van der Waals surface area (Å²) in [5, 5.41) is 2.77. The number of hydrogen-bond donors (Lipinski definition) is 2. The molecule has 1 aromatic heterocycles. The number of fused-ring (bicyclic) bond motifs is 1. The van der Waals surface area contributed by atoms with E-state index in [1.165, 1.54) is 24.3 Å². The molecule has 2 rings (SSSR count). The van der Waals surface area contributed by atoms with E-state index in [1.807, 2.05) is 0 Å². The highest BCUT2D eigenvalue weighted by Crippen LogP contribution is 2.29. The molecule has 7 heteroatoms. The molecular weight excluding hydrogens is 291 g/mol. The largest absolute Gasteiger partial charge is 0.461 e. The summed E-state index contributed by atoms with van der Waals surface area (Å²) in [7, 11) is 0. The first-order valence-electron chi connectivity index (χ1n) is 6.59. The second-order valence-electron chi connectivity index (χ2n) is 4.30. The van der Waals surface area contributed by atoms with Crippen LogP contribution < -0.4 is 5.32 Å². The van der Waals surface area contributed by atoms with E-state index in [0.29, 0.717) is 10.9 Å². The number of amides is 1. The van der Waals surface area contributed by atoms with Gasteiger partial charge in [0.25, 0.3) is 0 Å². The van der Waals surface area contributed by atoms with Gasteiger partial charge in [-0.05, 0) is 25.1 Å². The van der Waals surface area contributed by atoms with Gasteiger partial charge in [-0.2, -0.15) is 0 Å². The summed E-state index contributed by atoms with van der Waals surface area (Å²) in [5.74, 6) is -1.15. The maximum Gasteiger partial charge on any atom is 0.412 e. The average Bonchev–Trinajstić information content (AvgIpc) is 2.83. The Hall–Kier alpha value is -2.83. The maximum atomic E-state index is 13.4. The van der Waals surface area contributed by atoms with Gasteiger partial charge in [0, 0.05) is 10.9 Å². The van der Waals surface area contributed by atoms with E-state index in [2.05, 4.69) is 16.9 Å². The minimum absolute atomic E-state index is 0.0112. The SMILES string of the molecule is C=CCOC(=O)Nc1c(C(=O)OCC)[nH]c2ccc(F)cc12. The second kappa shape index (κ2) is 6.75. The molecule has 0 unspecified atom stereocenters. The second-order valence-corrected chi connectivity index (χ2v) is 4.30. The number of halogens is 1. The number of carbonyl (C=O) groups excluding carboxylic acids is 2. The Balaban J connectivity index is 2.44. The van der Waals surface area contributed by atoms with Gasteiger partial charge in [-0.1, -0.05) is 12.7 Å². The fourth-order valence-electron chi connectivity index (χ4n) is 1.92. The molecule has 116 valence electrons. The number of carbonyl (C=O) groups is 2. The van der Waals surface area contributed by atoms with Crippen LogP contribution in [0.3, 0.4) is 0 Å². The van der Waals surface area contributed by atoms with E-state index in [-0.39, 0.29) is 24.6 Å². The molecule has 1 aromatic carbocycles. The number of ether oxygens (including phenoxy) is 2. The van der Waals surface area contributed by atoms with Gasteiger partial charge in [-0.15, -0.1) is 0 Å². The van der Waals surface area contributed by atoms with E-state index in [1.54, 1.807) is 6.92 Å². The van der Waals surface area contributed by atoms with Crippen molar-refractivity contribution in [3.63, 3.8) is 0 Å². The van der Waals surface area contributed by atoms with Crippen LogP contribution in [0.4, 0.5) is 14.9 Å². The fourth-order valence-corrected chi connectivity index (χ4v) is 1.92. The first kappa shape index (κ1) is 15.6. The minimum atomic E-state index is -0.782. The third-order valence-electron chi connectivity index (χ3n) is 2.80. The molecule has 0 atom stereocenters. The summed E-state index contributed by atoms with van der Waals surface area (Å²) < 4.78 is 23.2. The van der Waals surface area contributed by atoms with Crippen molar-refractivity contribution in [3.05, 3.63) is 42.4 Å². The lowest BCUT2D eigenvalue weighted by Gasteiger charge is -2.07. The van der Waals surface area contributed by atoms with Crippen molar-refractivity contribution in [2.45, 2.75) is 6.92 Å². The Morgan fingerprint density at radius 3 is 2.86 bits per heavy atom. The summed E-state index contributed by atoms with van der Waals surface area (Å²) in [6.07, 6.45) is 0.622. The van der Waals surface area contributed by atoms with Crippen LogP contribution in [-0.4, -0.2) is 30.3 Å². The number of hydrogen-bond acceptors (Lipinski definition) is 4. The normalized spacial score (nSPS) is 10.3. The van der Waals surface area contributed by atoms with E-state index < -0.39 is 17.9 Å². The molecule has 2 aromatic rings. The molecule has 0 bridgehead atoms. The number of aromatic amines is 1. The van der Waals surface area contributed by atoms with Gasteiger partial charge in [0.05, 0.1) is 12.3 Å². The zero-order valence-electron chi connectivity index (χ0n) is 11.9. The highest BCUT2D eigenvalue weighted by molar-refractivity contribution is 6.10.